The zero-order chi connectivity index (χ0) is 11.3. The Labute approximate surface area is 86.0 Å². The van der Waals surface area contributed by atoms with Crippen molar-refractivity contribution in [1.29, 1.82) is 5.26 Å². The quantitative estimate of drug-likeness (QED) is 0.413. The highest BCUT2D eigenvalue weighted by molar-refractivity contribution is 5.50. The van der Waals surface area contributed by atoms with Crippen LogP contribution in [0.5, 0.6) is 5.75 Å². The maximum Gasteiger partial charge on any atom is 0.274 e. The van der Waals surface area contributed by atoms with Gasteiger partial charge < -0.3 is 4.74 Å². The van der Waals surface area contributed by atoms with Crippen molar-refractivity contribution in [1.82, 2.24) is 0 Å². The van der Waals surface area contributed by atoms with Crippen LogP contribution in [0.4, 0.5) is 5.69 Å². The van der Waals surface area contributed by atoms with Gasteiger partial charge in [0.1, 0.15) is 5.75 Å². The van der Waals surface area contributed by atoms with Gasteiger partial charge in [-0.2, -0.15) is 5.26 Å². The molecule has 5 heteroatoms. The molecule has 0 bridgehead atoms. The summed E-state index contributed by atoms with van der Waals surface area (Å²) in [6, 6.07) is 5.73. The van der Waals surface area contributed by atoms with E-state index in [0.29, 0.717) is 11.3 Å². The summed E-state index contributed by atoms with van der Waals surface area (Å²) in [5, 5.41) is 18.8. The average molecular weight is 202 g/mol. The molecule has 0 N–H and O–H groups in total. The van der Waals surface area contributed by atoms with Gasteiger partial charge in [-0.25, -0.2) is 0 Å². The van der Waals surface area contributed by atoms with E-state index in [1.54, 1.807) is 6.07 Å². The number of nitriles is 1. The van der Waals surface area contributed by atoms with Crippen LogP contribution in [0.1, 0.15) is 5.56 Å². The third kappa shape index (κ3) is 2.71. The highest BCUT2D eigenvalue weighted by atomic mass is 16.6. The lowest BCUT2D eigenvalue weighted by atomic mass is 10.2. The summed E-state index contributed by atoms with van der Waals surface area (Å²) in [7, 11) is 1.40. The van der Waals surface area contributed by atoms with Crippen LogP contribution in [0.2, 0.25) is 0 Å². The van der Waals surface area contributed by atoms with Crippen LogP contribution in [-0.4, -0.2) is 12.0 Å². The third-order valence-electron chi connectivity index (χ3n) is 1.60. The Morgan fingerprint density at radius 2 is 2.20 bits per heavy atom. The Morgan fingerprint density at radius 3 is 2.73 bits per heavy atom. The molecule has 0 saturated carbocycles. The second-order valence-corrected chi connectivity index (χ2v) is 2.54. The number of nitro benzene ring substituents is 1. The van der Waals surface area contributed by atoms with Gasteiger partial charge in [-0.1, -0.05) is 5.92 Å². The zero-order valence-corrected chi connectivity index (χ0v) is 7.85. The lowest BCUT2D eigenvalue weighted by molar-refractivity contribution is -0.384. The van der Waals surface area contributed by atoms with E-state index in [-0.39, 0.29) is 5.69 Å². The Hall–Kier alpha value is -2.53. The molecule has 0 amide bonds. The van der Waals surface area contributed by atoms with Crippen molar-refractivity contribution in [2.45, 2.75) is 0 Å². The summed E-state index contributed by atoms with van der Waals surface area (Å²) >= 11 is 0. The first-order valence-corrected chi connectivity index (χ1v) is 3.91. The maximum atomic E-state index is 10.5. The van der Waals surface area contributed by atoms with Crippen molar-refractivity contribution in [3.05, 3.63) is 33.9 Å². The molecule has 0 unspecified atom stereocenters. The molecule has 1 rings (SSSR count). The van der Waals surface area contributed by atoms with E-state index >= 15 is 0 Å². The van der Waals surface area contributed by atoms with Crippen LogP contribution in [0.15, 0.2) is 18.2 Å². The van der Waals surface area contributed by atoms with Crippen LogP contribution < -0.4 is 4.74 Å². The number of ether oxygens (including phenoxy) is 1. The average Bonchev–Trinajstić information content (AvgIpc) is 2.25. The molecule has 0 aromatic heterocycles. The topological polar surface area (TPSA) is 76.2 Å². The number of hydrogen-bond acceptors (Lipinski definition) is 4. The fraction of sp³-hybridized carbons (Fsp3) is 0.100. The van der Waals surface area contributed by atoms with Crippen LogP contribution in [0.25, 0.3) is 0 Å². The first-order chi connectivity index (χ1) is 7.17. The Kier molecular flexibility index (Phi) is 3.26. The van der Waals surface area contributed by atoms with Gasteiger partial charge in [0.25, 0.3) is 5.69 Å². The number of non-ortho nitro benzene ring substituents is 1. The van der Waals surface area contributed by atoms with Crippen LogP contribution in [0.3, 0.4) is 0 Å². The first kappa shape index (κ1) is 10.6. The van der Waals surface area contributed by atoms with Gasteiger partial charge in [-0.15, -0.1) is 0 Å². The molecular weight excluding hydrogens is 196 g/mol. The second-order valence-electron chi connectivity index (χ2n) is 2.54. The predicted octanol–water partition coefficient (Wildman–Crippen LogP) is 1.48. The molecule has 74 valence electrons. The van der Waals surface area contributed by atoms with Gasteiger partial charge in [0.2, 0.25) is 0 Å². The number of nitrogens with zero attached hydrogens (tertiary/aromatic N) is 2. The summed E-state index contributed by atoms with van der Waals surface area (Å²) in [4.78, 5) is 9.99. The smallest absolute Gasteiger partial charge is 0.274 e. The molecular formula is C10H6N2O3. The zero-order valence-electron chi connectivity index (χ0n) is 7.85. The summed E-state index contributed by atoms with van der Waals surface area (Å²) in [5.41, 5.74) is 0.263. The first-order valence-electron chi connectivity index (χ1n) is 3.91. The number of hydrogen-bond donors (Lipinski definition) is 0. The van der Waals surface area contributed by atoms with E-state index in [2.05, 4.69) is 11.8 Å². The van der Waals surface area contributed by atoms with Crippen molar-refractivity contribution in [2.24, 2.45) is 0 Å². The molecule has 0 heterocycles. The standard InChI is InChI=1S/C10H6N2O3/c1-15-10-6-8(3-2-4-11)5-9(7-10)12(13)14/h5-7H,1H3. The molecule has 0 fully saturated rings. The predicted molar refractivity (Wildman–Crippen MR) is 52.1 cm³/mol. The largest absolute Gasteiger partial charge is 0.496 e. The van der Waals surface area contributed by atoms with Crippen LogP contribution in [0, 0.1) is 33.3 Å². The second kappa shape index (κ2) is 4.64. The van der Waals surface area contributed by atoms with E-state index in [4.69, 9.17) is 10.00 Å². The number of benzene rings is 1. The minimum atomic E-state index is -0.542. The molecule has 15 heavy (non-hydrogen) atoms. The lowest BCUT2D eigenvalue weighted by Crippen LogP contribution is -1.91. The Bertz CT molecular complexity index is 492. The van der Waals surface area contributed by atoms with E-state index in [1.165, 1.54) is 25.3 Å². The molecule has 1 aromatic rings. The molecule has 1 aromatic carbocycles. The fourth-order valence-corrected chi connectivity index (χ4v) is 0.979. The molecule has 0 saturated heterocycles. The van der Waals surface area contributed by atoms with Gasteiger partial charge in [-0.05, 0) is 6.07 Å². The number of methoxy groups -OCH3 is 1. The van der Waals surface area contributed by atoms with Crippen molar-refractivity contribution in [3.63, 3.8) is 0 Å². The molecule has 0 spiro atoms. The van der Waals surface area contributed by atoms with E-state index in [1.807, 2.05) is 0 Å². The van der Waals surface area contributed by atoms with E-state index < -0.39 is 4.92 Å². The maximum absolute atomic E-state index is 10.5. The fourth-order valence-electron chi connectivity index (χ4n) is 0.979. The molecule has 0 atom stereocenters. The minimum absolute atomic E-state index is 0.114. The molecule has 0 aliphatic carbocycles. The van der Waals surface area contributed by atoms with E-state index in [0.717, 1.165) is 0 Å². The summed E-state index contributed by atoms with van der Waals surface area (Å²) < 4.78 is 4.87. The monoisotopic (exact) mass is 202 g/mol. The third-order valence-corrected chi connectivity index (χ3v) is 1.60. The highest BCUT2D eigenvalue weighted by Crippen LogP contribution is 2.21. The van der Waals surface area contributed by atoms with Gasteiger partial charge in [0.05, 0.1) is 18.1 Å². The molecule has 0 aliphatic heterocycles. The normalized spacial score (nSPS) is 8.27. The van der Waals surface area contributed by atoms with Gasteiger partial charge in [-0.3, -0.25) is 10.1 Å². The van der Waals surface area contributed by atoms with Crippen LogP contribution in [-0.2, 0) is 0 Å². The minimum Gasteiger partial charge on any atom is -0.496 e. The van der Waals surface area contributed by atoms with E-state index in [9.17, 15) is 10.1 Å². The SMILES string of the molecule is COc1cc(C#CC#N)cc([N+](=O)[O-])c1. The summed E-state index contributed by atoms with van der Waals surface area (Å²) in [5.74, 6) is 4.97. The summed E-state index contributed by atoms with van der Waals surface area (Å²) in [6.45, 7) is 0. The van der Waals surface area contributed by atoms with Crippen molar-refractivity contribution < 1.29 is 9.66 Å². The van der Waals surface area contributed by atoms with Crippen molar-refractivity contribution >= 4 is 5.69 Å². The van der Waals surface area contributed by atoms with Crippen LogP contribution >= 0.6 is 0 Å². The number of rotatable bonds is 2. The highest BCUT2D eigenvalue weighted by Gasteiger charge is 2.08. The van der Waals surface area contributed by atoms with Gasteiger partial charge >= 0.3 is 0 Å². The molecule has 0 radical (unpaired) electrons. The Balaban J connectivity index is 3.24. The molecule has 0 aliphatic rings. The van der Waals surface area contributed by atoms with Gasteiger partial charge in [0.15, 0.2) is 6.07 Å². The summed E-state index contributed by atoms with van der Waals surface area (Å²) in [6.07, 6.45) is 0. The molecule has 5 nitrogen and oxygen atoms in total. The van der Waals surface area contributed by atoms with Crippen molar-refractivity contribution in [3.8, 4) is 23.7 Å². The Morgan fingerprint density at radius 1 is 1.47 bits per heavy atom. The van der Waals surface area contributed by atoms with Gasteiger partial charge in [0, 0.05) is 17.6 Å². The lowest BCUT2D eigenvalue weighted by Gasteiger charge is -1.99. The number of nitro groups is 1. The van der Waals surface area contributed by atoms with Crippen molar-refractivity contribution in [2.75, 3.05) is 7.11 Å².